The van der Waals surface area contributed by atoms with E-state index in [1.54, 1.807) is 7.11 Å². The molecule has 118 valence electrons. The molecule has 3 heteroatoms. The summed E-state index contributed by atoms with van der Waals surface area (Å²) in [6.45, 7) is 2.95. The molecule has 0 amide bonds. The van der Waals surface area contributed by atoms with Gasteiger partial charge >= 0.3 is 0 Å². The highest BCUT2D eigenvalue weighted by atomic mass is 16.5. The maximum atomic E-state index is 9.72. The predicted octanol–water partition coefficient (Wildman–Crippen LogP) is 3.61. The first-order valence-electron chi connectivity index (χ1n) is 7.55. The largest absolute Gasteiger partial charge is 0.392 e. The Hall–Kier alpha value is -1.68. The Bertz CT molecular complexity index is 623. The Morgan fingerprint density at radius 1 is 1.14 bits per heavy atom. The summed E-state index contributed by atoms with van der Waals surface area (Å²) in [5.74, 6) is 0. The Kier molecular flexibility index (Phi) is 5.72. The summed E-state index contributed by atoms with van der Waals surface area (Å²) in [7, 11) is 5.80. The zero-order valence-corrected chi connectivity index (χ0v) is 13.8. The van der Waals surface area contributed by atoms with Gasteiger partial charge in [0.15, 0.2) is 0 Å². The minimum Gasteiger partial charge on any atom is -0.392 e. The molecule has 1 unspecified atom stereocenters. The van der Waals surface area contributed by atoms with E-state index in [2.05, 4.69) is 41.3 Å². The summed E-state index contributed by atoms with van der Waals surface area (Å²) in [6.07, 6.45) is 0.0607. The van der Waals surface area contributed by atoms with Crippen molar-refractivity contribution in [3.63, 3.8) is 0 Å². The molecule has 0 bridgehead atoms. The molecule has 0 heterocycles. The van der Waals surface area contributed by atoms with Crippen LogP contribution in [0.4, 0.5) is 0 Å². The molecule has 0 aliphatic rings. The minimum atomic E-state index is 0.0423. The second kappa shape index (κ2) is 7.54. The number of aliphatic hydroxyl groups excluding tert-OH is 1. The molecule has 0 aliphatic heterocycles. The van der Waals surface area contributed by atoms with E-state index in [9.17, 15) is 5.11 Å². The van der Waals surface area contributed by atoms with Crippen LogP contribution in [0.2, 0.25) is 0 Å². The fourth-order valence-electron chi connectivity index (χ4n) is 2.62. The van der Waals surface area contributed by atoms with Gasteiger partial charge in [0.2, 0.25) is 0 Å². The summed E-state index contributed by atoms with van der Waals surface area (Å²) >= 11 is 0. The third kappa shape index (κ3) is 3.95. The number of methoxy groups -OCH3 is 1. The summed E-state index contributed by atoms with van der Waals surface area (Å²) in [6, 6.07) is 14.6. The highest BCUT2D eigenvalue weighted by Gasteiger charge is 2.09. The van der Waals surface area contributed by atoms with E-state index < -0.39 is 0 Å². The Balaban J connectivity index is 2.39. The number of aliphatic hydroxyl groups is 1. The predicted molar refractivity (Wildman–Crippen MR) is 90.6 cm³/mol. The fourth-order valence-corrected chi connectivity index (χ4v) is 2.62. The van der Waals surface area contributed by atoms with Crippen LogP contribution >= 0.6 is 0 Å². The molecule has 3 nitrogen and oxygen atoms in total. The van der Waals surface area contributed by atoms with Gasteiger partial charge in [-0.3, -0.25) is 0 Å². The topological polar surface area (TPSA) is 32.7 Å². The van der Waals surface area contributed by atoms with E-state index in [0.717, 1.165) is 28.8 Å². The average Bonchev–Trinajstić information content (AvgIpc) is 2.53. The summed E-state index contributed by atoms with van der Waals surface area (Å²) in [5, 5.41) is 9.72. The number of rotatable bonds is 6. The zero-order valence-electron chi connectivity index (χ0n) is 13.8. The van der Waals surface area contributed by atoms with Gasteiger partial charge in [0, 0.05) is 13.7 Å². The van der Waals surface area contributed by atoms with Crippen molar-refractivity contribution in [1.29, 1.82) is 0 Å². The highest BCUT2D eigenvalue weighted by Crippen LogP contribution is 2.28. The molecule has 2 aromatic rings. The number of nitrogens with zero attached hydrogens (tertiary/aromatic N) is 1. The van der Waals surface area contributed by atoms with Gasteiger partial charge in [-0.15, -0.1) is 0 Å². The quantitative estimate of drug-likeness (QED) is 0.884. The van der Waals surface area contributed by atoms with Gasteiger partial charge in [-0.2, -0.15) is 0 Å². The van der Waals surface area contributed by atoms with Gasteiger partial charge in [-0.1, -0.05) is 36.4 Å². The standard InChI is InChI=1S/C19H25NO2/c1-14(22-4)16-6-5-7-17(11-16)19-9-8-15(12-20(2)3)10-18(19)13-21/h5-11,14,21H,12-13H2,1-4H3. The van der Waals surface area contributed by atoms with Crippen molar-refractivity contribution >= 4 is 0 Å². The molecule has 0 saturated carbocycles. The van der Waals surface area contributed by atoms with Gasteiger partial charge in [0.05, 0.1) is 12.7 Å². The third-order valence-corrected chi connectivity index (χ3v) is 3.86. The van der Waals surface area contributed by atoms with E-state index in [4.69, 9.17) is 4.74 Å². The number of benzene rings is 2. The average molecular weight is 299 g/mol. The van der Waals surface area contributed by atoms with Gasteiger partial charge in [-0.25, -0.2) is 0 Å². The first kappa shape index (κ1) is 16.7. The second-order valence-corrected chi connectivity index (χ2v) is 5.89. The van der Waals surface area contributed by atoms with Crippen molar-refractivity contribution in [2.45, 2.75) is 26.2 Å². The summed E-state index contributed by atoms with van der Waals surface area (Å²) in [5.41, 5.74) is 5.50. The smallest absolute Gasteiger partial charge is 0.0793 e. The number of ether oxygens (including phenoxy) is 1. The monoisotopic (exact) mass is 299 g/mol. The van der Waals surface area contributed by atoms with E-state index in [1.165, 1.54) is 5.56 Å². The molecule has 22 heavy (non-hydrogen) atoms. The van der Waals surface area contributed by atoms with Crippen molar-refractivity contribution in [3.8, 4) is 11.1 Å². The van der Waals surface area contributed by atoms with Crippen LogP contribution in [0, 0.1) is 0 Å². The van der Waals surface area contributed by atoms with Crippen molar-refractivity contribution < 1.29 is 9.84 Å². The van der Waals surface area contributed by atoms with E-state index in [0.29, 0.717) is 0 Å². The van der Waals surface area contributed by atoms with Gasteiger partial charge < -0.3 is 14.7 Å². The first-order valence-corrected chi connectivity index (χ1v) is 7.55. The van der Waals surface area contributed by atoms with Crippen molar-refractivity contribution in [2.75, 3.05) is 21.2 Å². The highest BCUT2D eigenvalue weighted by molar-refractivity contribution is 5.68. The van der Waals surface area contributed by atoms with Crippen LogP contribution < -0.4 is 0 Å². The van der Waals surface area contributed by atoms with Gasteiger partial charge in [-0.05, 0) is 54.9 Å². The zero-order chi connectivity index (χ0) is 16.1. The van der Waals surface area contributed by atoms with Crippen LogP contribution in [-0.4, -0.2) is 31.2 Å². The molecular formula is C19H25NO2. The minimum absolute atomic E-state index is 0.0423. The molecule has 0 fully saturated rings. The molecule has 1 atom stereocenters. The van der Waals surface area contributed by atoms with Crippen LogP contribution in [0.3, 0.4) is 0 Å². The van der Waals surface area contributed by atoms with Crippen molar-refractivity contribution in [2.24, 2.45) is 0 Å². The molecule has 0 aromatic heterocycles. The molecule has 0 saturated heterocycles. The lowest BCUT2D eigenvalue weighted by Gasteiger charge is -2.15. The van der Waals surface area contributed by atoms with E-state index >= 15 is 0 Å². The molecule has 2 aromatic carbocycles. The first-order chi connectivity index (χ1) is 10.5. The SMILES string of the molecule is COC(C)c1cccc(-c2ccc(CN(C)C)cc2CO)c1. The van der Waals surface area contributed by atoms with Crippen LogP contribution in [0.25, 0.3) is 11.1 Å². The summed E-state index contributed by atoms with van der Waals surface area (Å²) < 4.78 is 5.39. The van der Waals surface area contributed by atoms with Crippen LogP contribution in [0.5, 0.6) is 0 Å². The lowest BCUT2D eigenvalue weighted by Crippen LogP contribution is -2.11. The van der Waals surface area contributed by atoms with E-state index in [-0.39, 0.29) is 12.7 Å². The van der Waals surface area contributed by atoms with Crippen molar-refractivity contribution in [1.82, 2.24) is 4.90 Å². The third-order valence-electron chi connectivity index (χ3n) is 3.86. The maximum Gasteiger partial charge on any atom is 0.0793 e. The van der Waals surface area contributed by atoms with Crippen LogP contribution in [0.1, 0.15) is 29.7 Å². The van der Waals surface area contributed by atoms with Crippen LogP contribution in [0.15, 0.2) is 42.5 Å². The maximum absolute atomic E-state index is 9.72. The Morgan fingerprint density at radius 2 is 1.91 bits per heavy atom. The van der Waals surface area contributed by atoms with E-state index in [1.807, 2.05) is 27.1 Å². The fraction of sp³-hybridized carbons (Fsp3) is 0.368. The van der Waals surface area contributed by atoms with Gasteiger partial charge in [0.1, 0.15) is 0 Å². The van der Waals surface area contributed by atoms with Crippen LogP contribution in [-0.2, 0) is 17.9 Å². The number of hydrogen-bond acceptors (Lipinski definition) is 3. The molecular weight excluding hydrogens is 274 g/mol. The molecule has 2 rings (SSSR count). The second-order valence-electron chi connectivity index (χ2n) is 5.89. The molecule has 0 aliphatic carbocycles. The number of hydrogen-bond donors (Lipinski definition) is 1. The van der Waals surface area contributed by atoms with Gasteiger partial charge in [0.25, 0.3) is 0 Å². The lowest BCUT2D eigenvalue weighted by atomic mass is 9.95. The Morgan fingerprint density at radius 3 is 2.55 bits per heavy atom. The molecule has 0 spiro atoms. The summed E-state index contributed by atoms with van der Waals surface area (Å²) in [4.78, 5) is 2.12. The Labute approximate surface area is 133 Å². The molecule has 0 radical (unpaired) electrons. The normalized spacial score (nSPS) is 12.6. The lowest BCUT2D eigenvalue weighted by molar-refractivity contribution is 0.119. The molecule has 1 N–H and O–H groups in total. The van der Waals surface area contributed by atoms with Crippen molar-refractivity contribution in [3.05, 3.63) is 59.2 Å².